The van der Waals surface area contributed by atoms with E-state index in [9.17, 15) is 5.11 Å². The number of hydrogen-bond acceptors (Lipinski definition) is 3. The van der Waals surface area contributed by atoms with E-state index in [1.165, 1.54) is 24.8 Å². The molecule has 2 aliphatic rings. The van der Waals surface area contributed by atoms with Gasteiger partial charge in [-0.25, -0.2) is 0 Å². The minimum absolute atomic E-state index is 0.381. The van der Waals surface area contributed by atoms with Crippen molar-refractivity contribution >= 4 is 21.6 Å². The number of nitrogens with zero attached hydrogens (tertiary/aromatic N) is 1. The molecule has 1 aliphatic heterocycles. The number of nitrogen functional groups attached to an aromatic ring is 1. The van der Waals surface area contributed by atoms with E-state index in [2.05, 4.69) is 26.9 Å². The molecule has 3 rings (SSSR count). The Kier molecular flexibility index (Phi) is 4.07. The standard InChI is InChI=1S/C16H23BrN2O/c17-14-5-4-12(9-15(14)18)10-19-8-7-16(20)6-2-1-3-13(16)11-19/h4-5,9,13,20H,1-3,6-8,10-11,18H2. The lowest BCUT2D eigenvalue weighted by molar-refractivity contribution is -0.0967. The van der Waals surface area contributed by atoms with Crippen molar-refractivity contribution in [1.82, 2.24) is 4.90 Å². The first-order chi connectivity index (χ1) is 9.57. The Morgan fingerprint density at radius 1 is 1.35 bits per heavy atom. The van der Waals surface area contributed by atoms with E-state index in [0.717, 1.165) is 42.6 Å². The van der Waals surface area contributed by atoms with Crippen molar-refractivity contribution in [2.45, 2.75) is 44.2 Å². The molecule has 110 valence electrons. The molecule has 0 amide bonds. The first-order valence-corrected chi connectivity index (χ1v) is 8.35. The second-order valence-corrected chi connectivity index (χ2v) is 7.24. The fourth-order valence-corrected chi connectivity index (χ4v) is 3.98. The molecule has 0 aromatic heterocycles. The predicted molar refractivity (Wildman–Crippen MR) is 85.4 cm³/mol. The van der Waals surface area contributed by atoms with Crippen molar-refractivity contribution in [1.29, 1.82) is 0 Å². The van der Waals surface area contributed by atoms with Gasteiger partial charge in [0.25, 0.3) is 0 Å². The normalized spacial score (nSPS) is 31.0. The number of anilines is 1. The third-order valence-corrected chi connectivity index (χ3v) is 5.70. The van der Waals surface area contributed by atoms with Crippen molar-refractivity contribution in [3.8, 4) is 0 Å². The van der Waals surface area contributed by atoms with Gasteiger partial charge in [-0.15, -0.1) is 0 Å². The quantitative estimate of drug-likeness (QED) is 0.814. The van der Waals surface area contributed by atoms with Gasteiger partial charge >= 0.3 is 0 Å². The molecule has 2 fully saturated rings. The zero-order chi connectivity index (χ0) is 14.2. The fraction of sp³-hybridized carbons (Fsp3) is 0.625. The summed E-state index contributed by atoms with van der Waals surface area (Å²) in [6.45, 7) is 2.94. The lowest BCUT2D eigenvalue weighted by Gasteiger charge is -2.47. The van der Waals surface area contributed by atoms with Crippen LogP contribution in [0.5, 0.6) is 0 Å². The zero-order valence-electron chi connectivity index (χ0n) is 11.8. The highest BCUT2D eigenvalue weighted by atomic mass is 79.9. The van der Waals surface area contributed by atoms with Gasteiger partial charge in [-0.3, -0.25) is 4.90 Å². The number of benzene rings is 1. The van der Waals surface area contributed by atoms with Crippen LogP contribution < -0.4 is 5.73 Å². The average Bonchev–Trinajstić information content (AvgIpc) is 2.43. The summed E-state index contributed by atoms with van der Waals surface area (Å²) in [5.41, 5.74) is 7.62. The summed E-state index contributed by atoms with van der Waals surface area (Å²) in [6.07, 6.45) is 5.55. The van der Waals surface area contributed by atoms with E-state index < -0.39 is 0 Å². The van der Waals surface area contributed by atoms with Crippen molar-refractivity contribution < 1.29 is 5.11 Å². The maximum atomic E-state index is 10.7. The molecule has 1 saturated heterocycles. The second kappa shape index (κ2) is 5.66. The van der Waals surface area contributed by atoms with Crippen LogP contribution in [0.2, 0.25) is 0 Å². The number of nitrogens with two attached hydrogens (primary N) is 1. The van der Waals surface area contributed by atoms with Crippen molar-refractivity contribution in [3.63, 3.8) is 0 Å². The molecule has 4 heteroatoms. The predicted octanol–water partition coefficient (Wildman–Crippen LogP) is 3.16. The van der Waals surface area contributed by atoms with Gasteiger partial charge < -0.3 is 10.8 Å². The van der Waals surface area contributed by atoms with Gasteiger partial charge in [0.1, 0.15) is 0 Å². The van der Waals surface area contributed by atoms with E-state index in [-0.39, 0.29) is 5.60 Å². The fourth-order valence-electron chi connectivity index (χ4n) is 3.73. The molecule has 1 heterocycles. The molecule has 1 aromatic carbocycles. The number of piperidine rings is 1. The van der Waals surface area contributed by atoms with Crippen LogP contribution in [0.4, 0.5) is 5.69 Å². The molecule has 20 heavy (non-hydrogen) atoms. The molecule has 0 radical (unpaired) electrons. The summed E-state index contributed by atoms with van der Waals surface area (Å²) in [5, 5.41) is 10.7. The molecule has 1 saturated carbocycles. The molecule has 2 unspecified atom stereocenters. The molecule has 3 nitrogen and oxygen atoms in total. The summed E-state index contributed by atoms with van der Waals surface area (Å²) in [4.78, 5) is 2.47. The molecular formula is C16H23BrN2O. The largest absolute Gasteiger partial charge is 0.398 e. The first kappa shape index (κ1) is 14.4. The number of fused-ring (bicyclic) bond motifs is 1. The van der Waals surface area contributed by atoms with Crippen LogP contribution in [0.3, 0.4) is 0 Å². The van der Waals surface area contributed by atoms with E-state index in [0.29, 0.717) is 5.92 Å². The van der Waals surface area contributed by atoms with Crippen LogP contribution >= 0.6 is 15.9 Å². The number of aliphatic hydroxyl groups is 1. The van der Waals surface area contributed by atoms with Crippen LogP contribution in [0, 0.1) is 5.92 Å². The average molecular weight is 339 g/mol. The maximum Gasteiger partial charge on any atom is 0.0700 e. The monoisotopic (exact) mass is 338 g/mol. The van der Waals surface area contributed by atoms with Gasteiger partial charge in [-0.2, -0.15) is 0 Å². The third-order valence-electron chi connectivity index (χ3n) is 4.98. The molecule has 1 aromatic rings. The van der Waals surface area contributed by atoms with Crippen LogP contribution in [-0.2, 0) is 6.54 Å². The number of likely N-dealkylation sites (tertiary alicyclic amines) is 1. The summed E-state index contributed by atoms with van der Waals surface area (Å²) < 4.78 is 0.960. The smallest absolute Gasteiger partial charge is 0.0700 e. The van der Waals surface area contributed by atoms with Crippen molar-refractivity contribution in [3.05, 3.63) is 28.2 Å². The highest BCUT2D eigenvalue weighted by molar-refractivity contribution is 9.10. The van der Waals surface area contributed by atoms with Gasteiger partial charge in [0.15, 0.2) is 0 Å². The van der Waals surface area contributed by atoms with Gasteiger partial charge in [-0.1, -0.05) is 18.9 Å². The van der Waals surface area contributed by atoms with Crippen LogP contribution in [-0.4, -0.2) is 28.7 Å². The molecule has 0 spiro atoms. The Labute approximate surface area is 129 Å². The number of rotatable bonds is 2. The Bertz CT molecular complexity index is 493. The van der Waals surface area contributed by atoms with Gasteiger partial charge in [0.2, 0.25) is 0 Å². The second-order valence-electron chi connectivity index (χ2n) is 6.39. The Balaban J connectivity index is 1.66. The van der Waals surface area contributed by atoms with Gasteiger partial charge in [0.05, 0.1) is 5.60 Å². The molecule has 0 bridgehead atoms. The van der Waals surface area contributed by atoms with Crippen LogP contribution in [0.15, 0.2) is 22.7 Å². The van der Waals surface area contributed by atoms with E-state index in [4.69, 9.17) is 5.73 Å². The SMILES string of the molecule is Nc1cc(CN2CCC3(O)CCCCC3C2)ccc1Br. The van der Waals surface area contributed by atoms with E-state index >= 15 is 0 Å². The van der Waals surface area contributed by atoms with Crippen molar-refractivity contribution in [2.24, 2.45) is 5.92 Å². The van der Waals surface area contributed by atoms with E-state index in [1.807, 2.05) is 12.1 Å². The molecule has 3 N–H and O–H groups in total. The van der Waals surface area contributed by atoms with E-state index in [1.54, 1.807) is 0 Å². The zero-order valence-corrected chi connectivity index (χ0v) is 13.4. The molecule has 2 atom stereocenters. The molecule has 1 aliphatic carbocycles. The Morgan fingerprint density at radius 2 is 2.20 bits per heavy atom. The minimum atomic E-state index is -0.381. The van der Waals surface area contributed by atoms with Crippen LogP contribution in [0.25, 0.3) is 0 Å². The highest BCUT2D eigenvalue weighted by Gasteiger charge is 2.42. The summed E-state index contributed by atoms with van der Waals surface area (Å²) in [7, 11) is 0. The van der Waals surface area contributed by atoms with Gasteiger partial charge in [-0.05, 0) is 52.9 Å². The lowest BCUT2D eigenvalue weighted by atomic mass is 9.71. The summed E-state index contributed by atoms with van der Waals surface area (Å²) in [6, 6.07) is 6.19. The lowest BCUT2D eigenvalue weighted by Crippen LogP contribution is -2.52. The minimum Gasteiger partial charge on any atom is -0.398 e. The maximum absolute atomic E-state index is 10.7. The highest BCUT2D eigenvalue weighted by Crippen LogP contribution is 2.40. The third kappa shape index (κ3) is 2.87. The molecular weight excluding hydrogens is 316 g/mol. The summed E-state index contributed by atoms with van der Waals surface area (Å²) >= 11 is 3.44. The summed E-state index contributed by atoms with van der Waals surface area (Å²) in [5.74, 6) is 0.456. The Morgan fingerprint density at radius 3 is 3.00 bits per heavy atom. The number of hydrogen-bond donors (Lipinski definition) is 2. The first-order valence-electron chi connectivity index (χ1n) is 7.55. The topological polar surface area (TPSA) is 49.5 Å². The van der Waals surface area contributed by atoms with Gasteiger partial charge in [0, 0.05) is 35.7 Å². The number of halogens is 1. The van der Waals surface area contributed by atoms with Crippen LogP contribution in [0.1, 0.15) is 37.7 Å². The van der Waals surface area contributed by atoms with Crippen molar-refractivity contribution in [2.75, 3.05) is 18.8 Å². The Hall–Kier alpha value is -0.580.